The van der Waals surface area contributed by atoms with Crippen LogP contribution in [0.2, 0.25) is 0 Å². The Bertz CT molecular complexity index is 190. The highest BCUT2D eigenvalue weighted by Crippen LogP contribution is 2.35. The smallest absolute Gasteiger partial charge is 0.0348 e. The quantitative estimate of drug-likeness (QED) is 0.557. The van der Waals surface area contributed by atoms with Crippen LogP contribution in [0.25, 0.3) is 0 Å². The Hall–Kier alpha value is 0.210. The highest BCUT2D eigenvalue weighted by molar-refractivity contribution is 6.18. The van der Waals surface area contributed by atoms with Crippen LogP contribution in [0.4, 0.5) is 0 Å². The molecule has 0 radical (unpaired) electrons. The van der Waals surface area contributed by atoms with Crippen LogP contribution in [0.1, 0.15) is 34.1 Å². The second-order valence-corrected chi connectivity index (χ2v) is 5.90. The summed E-state index contributed by atoms with van der Waals surface area (Å²) in [7, 11) is 0. The minimum absolute atomic E-state index is 0.239. The van der Waals surface area contributed by atoms with Crippen molar-refractivity contribution in [1.82, 2.24) is 10.6 Å². The molecule has 1 unspecified atom stereocenters. The molecular formula is C11H23ClN2. The summed E-state index contributed by atoms with van der Waals surface area (Å²) in [6.45, 7) is 11.1. The molecule has 3 heteroatoms. The number of halogens is 1. The third kappa shape index (κ3) is 3.11. The second kappa shape index (κ2) is 4.38. The molecule has 84 valence electrons. The van der Waals surface area contributed by atoms with Crippen LogP contribution in [-0.4, -0.2) is 30.0 Å². The molecule has 0 amide bonds. The Balaban J connectivity index is 2.44. The molecule has 1 fully saturated rings. The van der Waals surface area contributed by atoms with Crippen LogP contribution in [0.3, 0.4) is 0 Å². The Labute approximate surface area is 92.8 Å². The second-order valence-electron chi connectivity index (χ2n) is 5.52. The van der Waals surface area contributed by atoms with E-state index in [1.807, 2.05) is 0 Å². The molecule has 1 heterocycles. The van der Waals surface area contributed by atoms with Crippen molar-refractivity contribution in [3.05, 3.63) is 0 Å². The van der Waals surface area contributed by atoms with Crippen molar-refractivity contribution in [3.8, 4) is 0 Å². The summed E-state index contributed by atoms with van der Waals surface area (Å²) in [4.78, 5) is 0. The van der Waals surface area contributed by atoms with Gasteiger partial charge in [0.05, 0.1) is 0 Å². The largest absolute Gasteiger partial charge is 0.315 e. The highest BCUT2D eigenvalue weighted by Gasteiger charge is 2.43. The van der Waals surface area contributed by atoms with Gasteiger partial charge in [0, 0.05) is 23.5 Å². The monoisotopic (exact) mass is 218 g/mol. The number of alkyl halides is 1. The van der Waals surface area contributed by atoms with Crippen molar-refractivity contribution in [1.29, 1.82) is 0 Å². The summed E-state index contributed by atoms with van der Waals surface area (Å²) in [5, 5.41) is 7.07. The maximum atomic E-state index is 5.64. The van der Waals surface area contributed by atoms with Crippen LogP contribution < -0.4 is 10.6 Å². The fourth-order valence-corrected chi connectivity index (χ4v) is 2.70. The summed E-state index contributed by atoms with van der Waals surface area (Å²) >= 11 is 5.64. The van der Waals surface area contributed by atoms with E-state index in [9.17, 15) is 0 Å². The van der Waals surface area contributed by atoms with Gasteiger partial charge >= 0.3 is 0 Å². The number of hydrogen-bond donors (Lipinski definition) is 2. The molecule has 1 rings (SSSR count). The molecule has 0 bridgehead atoms. The number of nitrogens with one attached hydrogen (secondary N) is 2. The first-order valence-electron chi connectivity index (χ1n) is 5.43. The van der Waals surface area contributed by atoms with Crippen LogP contribution in [0, 0.1) is 5.92 Å². The van der Waals surface area contributed by atoms with E-state index < -0.39 is 0 Å². The van der Waals surface area contributed by atoms with Gasteiger partial charge in [-0.05, 0) is 46.6 Å². The topological polar surface area (TPSA) is 24.1 Å². The van der Waals surface area contributed by atoms with E-state index >= 15 is 0 Å². The molecule has 0 aromatic carbocycles. The summed E-state index contributed by atoms with van der Waals surface area (Å²) in [5.41, 5.74) is 0.514. The molecule has 1 atom stereocenters. The van der Waals surface area contributed by atoms with E-state index in [1.54, 1.807) is 0 Å². The minimum Gasteiger partial charge on any atom is -0.315 e. The lowest BCUT2D eigenvalue weighted by molar-refractivity contribution is 0.314. The van der Waals surface area contributed by atoms with Crippen molar-refractivity contribution in [2.24, 2.45) is 5.92 Å². The summed E-state index contributed by atoms with van der Waals surface area (Å²) in [5.74, 6) is 1.39. The molecule has 1 aliphatic heterocycles. The molecule has 2 nitrogen and oxygen atoms in total. The van der Waals surface area contributed by atoms with E-state index in [2.05, 4.69) is 38.3 Å². The van der Waals surface area contributed by atoms with Gasteiger partial charge < -0.3 is 10.6 Å². The third-order valence-electron chi connectivity index (χ3n) is 3.10. The predicted molar refractivity (Wildman–Crippen MR) is 63.0 cm³/mol. The Kier molecular flexibility index (Phi) is 3.84. The molecule has 2 N–H and O–H groups in total. The van der Waals surface area contributed by atoms with E-state index in [0.29, 0.717) is 11.8 Å². The molecule has 1 aliphatic rings. The van der Waals surface area contributed by atoms with Gasteiger partial charge in [-0.25, -0.2) is 0 Å². The van der Waals surface area contributed by atoms with Crippen molar-refractivity contribution in [3.63, 3.8) is 0 Å². The zero-order valence-corrected chi connectivity index (χ0v) is 10.5. The van der Waals surface area contributed by atoms with Crippen molar-refractivity contribution < 1.29 is 0 Å². The highest BCUT2D eigenvalue weighted by atomic mass is 35.5. The van der Waals surface area contributed by atoms with Gasteiger partial charge in [0.1, 0.15) is 0 Å². The molecule has 0 spiro atoms. The van der Waals surface area contributed by atoms with Gasteiger partial charge in [0.15, 0.2) is 0 Å². The normalized spacial score (nSPS) is 29.4. The number of rotatable bonds is 4. The first-order valence-corrected chi connectivity index (χ1v) is 5.97. The molecular weight excluding hydrogens is 196 g/mol. The average molecular weight is 219 g/mol. The summed E-state index contributed by atoms with van der Waals surface area (Å²) < 4.78 is 0. The number of hydrogen-bond acceptors (Lipinski definition) is 2. The van der Waals surface area contributed by atoms with Crippen LogP contribution in [0.5, 0.6) is 0 Å². The van der Waals surface area contributed by atoms with Crippen LogP contribution in [0.15, 0.2) is 0 Å². The van der Waals surface area contributed by atoms with Crippen molar-refractivity contribution >= 4 is 11.6 Å². The lowest BCUT2D eigenvalue weighted by atomic mass is 9.87. The molecule has 1 saturated heterocycles. The summed E-state index contributed by atoms with van der Waals surface area (Å²) in [6, 6.07) is 0. The van der Waals surface area contributed by atoms with E-state index in [0.717, 1.165) is 13.1 Å². The fourth-order valence-electron chi connectivity index (χ4n) is 2.57. The first kappa shape index (κ1) is 12.3. The van der Waals surface area contributed by atoms with Crippen LogP contribution >= 0.6 is 11.6 Å². The fraction of sp³-hybridized carbons (Fsp3) is 1.00. The standard InChI is InChI=1S/C11H23ClN2/c1-10(2)7-9(8-13-6-5-12)11(3,4)14-10/h9,13-14H,5-8H2,1-4H3. The Morgan fingerprint density at radius 2 is 2.00 bits per heavy atom. The van der Waals surface area contributed by atoms with E-state index in [1.165, 1.54) is 6.42 Å². The maximum Gasteiger partial charge on any atom is 0.0348 e. The van der Waals surface area contributed by atoms with Gasteiger partial charge in [-0.1, -0.05) is 0 Å². The van der Waals surface area contributed by atoms with Gasteiger partial charge in [0.25, 0.3) is 0 Å². The first-order chi connectivity index (χ1) is 6.37. The maximum absolute atomic E-state index is 5.64. The van der Waals surface area contributed by atoms with Crippen molar-refractivity contribution in [2.75, 3.05) is 19.0 Å². The Morgan fingerprint density at radius 1 is 1.36 bits per heavy atom. The molecule has 0 aliphatic carbocycles. The van der Waals surface area contributed by atoms with Gasteiger partial charge in [-0.2, -0.15) is 0 Å². The summed E-state index contributed by atoms with van der Waals surface area (Å²) in [6.07, 6.45) is 1.23. The Morgan fingerprint density at radius 3 is 2.43 bits per heavy atom. The lowest BCUT2D eigenvalue weighted by Gasteiger charge is -2.28. The van der Waals surface area contributed by atoms with Gasteiger partial charge in [-0.3, -0.25) is 0 Å². The lowest BCUT2D eigenvalue weighted by Crippen LogP contribution is -2.46. The van der Waals surface area contributed by atoms with Gasteiger partial charge in [0.2, 0.25) is 0 Å². The molecule has 0 aromatic heterocycles. The van der Waals surface area contributed by atoms with Crippen LogP contribution in [-0.2, 0) is 0 Å². The van der Waals surface area contributed by atoms with E-state index in [4.69, 9.17) is 11.6 Å². The molecule has 14 heavy (non-hydrogen) atoms. The van der Waals surface area contributed by atoms with Gasteiger partial charge in [-0.15, -0.1) is 11.6 Å². The zero-order chi connectivity index (χ0) is 10.8. The third-order valence-corrected chi connectivity index (χ3v) is 3.29. The zero-order valence-electron chi connectivity index (χ0n) is 9.78. The SMILES string of the molecule is CC1(C)CC(CNCCCl)C(C)(C)N1. The van der Waals surface area contributed by atoms with E-state index in [-0.39, 0.29) is 11.1 Å². The molecule has 0 saturated carbocycles. The van der Waals surface area contributed by atoms with Crippen molar-refractivity contribution in [2.45, 2.75) is 45.2 Å². The average Bonchev–Trinajstić information content (AvgIpc) is 2.20. The molecule has 0 aromatic rings. The predicted octanol–water partition coefficient (Wildman–Crippen LogP) is 1.98. The minimum atomic E-state index is 0.239.